The lowest BCUT2D eigenvalue weighted by molar-refractivity contribution is -0.385. The summed E-state index contributed by atoms with van der Waals surface area (Å²) in [4.78, 5) is 30.0. The smallest absolute Gasteiger partial charge is 0.287 e. The maximum absolute atomic E-state index is 13.4. The molecule has 1 spiro atoms. The summed E-state index contributed by atoms with van der Waals surface area (Å²) in [6.07, 6.45) is 3.32. The van der Waals surface area contributed by atoms with E-state index in [1.807, 2.05) is 6.07 Å². The maximum Gasteiger partial charge on any atom is 0.287 e. The van der Waals surface area contributed by atoms with E-state index in [4.69, 9.17) is 4.74 Å². The van der Waals surface area contributed by atoms with Gasteiger partial charge < -0.3 is 25.4 Å². The molecular formula is C26H26N4O7. The molecule has 4 N–H and O–H groups in total. The van der Waals surface area contributed by atoms with Crippen LogP contribution in [0.4, 0.5) is 11.5 Å². The fraction of sp³-hybridized carbons (Fsp3) is 0.462. The van der Waals surface area contributed by atoms with E-state index in [-0.39, 0.29) is 46.8 Å². The van der Waals surface area contributed by atoms with Gasteiger partial charge >= 0.3 is 0 Å². The number of amides is 1. The van der Waals surface area contributed by atoms with E-state index >= 15 is 0 Å². The number of piperidine rings is 1. The monoisotopic (exact) mass is 506 g/mol. The van der Waals surface area contributed by atoms with Crippen LogP contribution in [0.3, 0.4) is 0 Å². The number of hydrogen-bond acceptors (Lipinski definition) is 9. The molecule has 11 heteroatoms. The van der Waals surface area contributed by atoms with E-state index in [2.05, 4.69) is 15.2 Å². The lowest BCUT2D eigenvalue weighted by atomic mass is 9.49. The lowest BCUT2D eigenvalue weighted by Gasteiger charge is -2.62. The number of rotatable bonds is 5. The highest BCUT2D eigenvalue weighted by Crippen LogP contribution is 2.66. The third-order valence-electron chi connectivity index (χ3n) is 8.99. The third kappa shape index (κ3) is 2.95. The second-order valence-electron chi connectivity index (χ2n) is 10.9. The zero-order valence-corrected chi connectivity index (χ0v) is 19.9. The van der Waals surface area contributed by atoms with Gasteiger partial charge in [0.1, 0.15) is 17.8 Å². The number of pyridine rings is 1. The van der Waals surface area contributed by atoms with Crippen LogP contribution < -0.4 is 10.1 Å². The first-order valence-electron chi connectivity index (χ1n) is 12.5. The standard InChI is InChI=1S/C26H26N4O7/c31-17-5-3-14-9-18-26(34)10-16(24(33)28-19-6-4-15(11-27-19)30(35)36)21(32)23-25(26,20(14)22(17)37-23)7-8-29(18)12-13-1-2-13/h3-6,11,13,18,23,31-32,34H,1-2,7-10,12H2,(H,27,28,33)/t18-,23+,25+,26-/m1/s1. The number of aliphatic hydroxyl groups excluding tert-OH is 1. The minimum absolute atomic E-state index is 0.0164. The van der Waals surface area contributed by atoms with Gasteiger partial charge in [-0.05, 0) is 55.8 Å². The van der Waals surface area contributed by atoms with Crippen molar-refractivity contribution >= 4 is 17.4 Å². The van der Waals surface area contributed by atoms with Gasteiger partial charge in [0, 0.05) is 30.6 Å². The predicted octanol–water partition coefficient (Wildman–Crippen LogP) is 2.32. The number of hydrogen-bond donors (Lipinski definition) is 4. The van der Waals surface area contributed by atoms with Crippen LogP contribution in [0.5, 0.6) is 11.5 Å². The third-order valence-corrected chi connectivity index (χ3v) is 8.99. The Labute approximate surface area is 211 Å². The maximum atomic E-state index is 13.4. The van der Waals surface area contributed by atoms with Gasteiger partial charge in [0.2, 0.25) is 0 Å². The number of phenolic OH excluding ortho intramolecular Hbond substituents is 1. The summed E-state index contributed by atoms with van der Waals surface area (Å²) < 4.78 is 6.18. The van der Waals surface area contributed by atoms with Gasteiger partial charge in [-0.2, -0.15) is 0 Å². The number of carbonyl (C=O) groups is 1. The van der Waals surface area contributed by atoms with Crippen molar-refractivity contribution in [2.24, 2.45) is 5.92 Å². The predicted molar refractivity (Wildman–Crippen MR) is 129 cm³/mol. The van der Waals surface area contributed by atoms with E-state index < -0.39 is 28.0 Å². The van der Waals surface area contributed by atoms with Crippen molar-refractivity contribution in [2.75, 3.05) is 18.4 Å². The van der Waals surface area contributed by atoms with Crippen LogP contribution >= 0.6 is 0 Å². The van der Waals surface area contributed by atoms with Crippen LogP contribution in [0, 0.1) is 16.0 Å². The quantitative estimate of drug-likeness (QED) is 0.353. The molecule has 1 aromatic heterocycles. The van der Waals surface area contributed by atoms with Crippen molar-refractivity contribution in [3.8, 4) is 11.5 Å². The zero-order chi connectivity index (χ0) is 25.7. The normalized spacial score (nSPS) is 31.5. The number of nitro groups is 1. The highest BCUT2D eigenvalue weighted by atomic mass is 16.6. The van der Waals surface area contributed by atoms with Crippen molar-refractivity contribution < 1.29 is 29.8 Å². The van der Waals surface area contributed by atoms with E-state index in [1.54, 1.807) is 6.07 Å². The van der Waals surface area contributed by atoms with Crippen molar-refractivity contribution in [3.63, 3.8) is 0 Å². The molecule has 5 aliphatic rings. The van der Waals surface area contributed by atoms with Crippen molar-refractivity contribution in [2.45, 2.75) is 55.3 Å². The van der Waals surface area contributed by atoms with Crippen molar-refractivity contribution in [3.05, 3.63) is 63.0 Å². The van der Waals surface area contributed by atoms with Crippen LogP contribution in [0.25, 0.3) is 0 Å². The lowest BCUT2D eigenvalue weighted by Crippen LogP contribution is -2.75. The fourth-order valence-corrected chi connectivity index (χ4v) is 7.13. The summed E-state index contributed by atoms with van der Waals surface area (Å²) >= 11 is 0. The van der Waals surface area contributed by atoms with Crippen LogP contribution in [0.1, 0.15) is 36.8 Å². The molecule has 0 radical (unpaired) electrons. The Balaban J connectivity index is 1.31. The summed E-state index contributed by atoms with van der Waals surface area (Å²) in [5, 5.41) is 48.2. The number of ether oxygens (including phenoxy) is 1. The zero-order valence-electron chi connectivity index (χ0n) is 19.9. The first-order chi connectivity index (χ1) is 17.7. The summed E-state index contributed by atoms with van der Waals surface area (Å²) in [6, 6.07) is 5.71. The van der Waals surface area contributed by atoms with Gasteiger partial charge in [-0.3, -0.25) is 19.8 Å². The number of aromatic hydroxyl groups is 1. The highest BCUT2D eigenvalue weighted by Gasteiger charge is 2.73. The second kappa shape index (κ2) is 7.42. The fourth-order valence-electron chi connectivity index (χ4n) is 7.13. The molecule has 1 amide bonds. The Hall–Kier alpha value is -3.70. The van der Waals surface area contributed by atoms with E-state index in [0.717, 1.165) is 30.4 Å². The summed E-state index contributed by atoms with van der Waals surface area (Å²) in [5.74, 6) is -0.0465. The number of phenols is 1. The molecule has 1 saturated heterocycles. The number of nitrogens with zero attached hydrogens (tertiary/aromatic N) is 3. The van der Waals surface area contributed by atoms with E-state index in [9.17, 15) is 30.2 Å². The molecule has 2 aromatic rings. The molecule has 4 atom stereocenters. The molecule has 3 aliphatic carbocycles. The van der Waals surface area contributed by atoms with Gasteiger partial charge in [-0.1, -0.05) is 6.07 Å². The summed E-state index contributed by atoms with van der Waals surface area (Å²) in [7, 11) is 0. The minimum atomic E-state index is -1.42. The topological polar surface area (TPSA) is 158 Å². The Kier molecular flexibility index (Phi) is 4.51. The van der Waals surface area contributed by atoms with Gasteiger partial charge in [-0.25, -0.2) is 4.98 Å². The van der Waals surface area contributed by atoms with Crippen LogP contribution in [0.15, 0.2) is 41.8 Å². The first kappa shape index (κ1) is 22.5. The number of aromatic nitrogens is 1. The molecule has 2 bridgehead atoms. The Bertz CT molecular complexity index is 1390. The van der Waals surface area contributed by atoms with E-state index in [1.165, 1.54) is 25.0 Å². The number of nitrogens with one attached hydrogen (secondary N) is 1. The number of carbonyl (C=O) groups excluding carboxylic acids is 1. The first-order valence-corrected chi connectivity index (χ1v) is 12.5. The van der Waals surface area contributed by atoms with E-state index in [0.29, 0.717) is 18.8 Å². The summed E-state index contributed by atoms with van der Waals surface area (Å²) in [6.45, 7) is 1.60. The van der Waals surface area contributed by atoms with Crippen LogP contribution in [-0.4, -0.2) is 66.9 Å². The SMILES string of the molecule is O=C(Nc1ccc([N+](=O)[O-])cn1)C1=C(O)[C@@H]2Oc3c(O)ccc4c3[C@@]23CCN(CC2CC2)[C@H](C4)[C@]3(O)C1. The minimum Gasteiger partial charge on any atom is -0.508 e. The highest BCUT2D eigenvalue weighted by molar-refractivity contribution is 6.04. The summed E-state index contributed by atoms with van der Waals surface area (Å²) in [5.41, 5.74) is -0.909. The van der Waals surface area contributed by atoms with Crippen LogP contribution in [-0.2, 0) is 16.6 Å². The largest absolute Gasteiger partial charge is 0.508 e. The molecule has 2 aliphatic heterocycles. The van der Waals surface area contributed by atoms with Gasteiger partial charge in [0.15, 0.2) is 17.6 Å². The Morgan fingerprint density at radius 2 is 2.08 bits per heavy atom. The molecule has 3 heterocycles. The number of benzene rings is 1. The van der Waals surface area contributed by atoms with Gasteiger partial charge in [-0.15, -0.1) is 0 Å². The molecule has 11 nitrogen and oxygen atoms in total. The Morgan fingerprint density at radius 3 is 2.78 bits per heavy atom. The number of anilines is 1. The molecule has 2 fully saturated rings. The molecule has 192 valence electrons. The average molecular weight is 507 g/mol. The molecule has 7 rings (SSSR count). The van der Waals surface area contributed by atoms with Gasteiger partial charge in [0.05, 0.1) is 21.5 Å². The molecule has 1 saturated carbocycles. The van der Waals surface area contributed by atoms with Gasteiger partial charge in [0.25, 0.3) is 11.6 Å². The molecular weight excluding hydrogens is 480 g/mol. The molecule has 0 unspecified atom stereocenters. The van der Waals surface area contributed by atoms with Crippen LogP contribution in [0.2, 0.25) is 0 Å². The van der Waals surface area contributed by atoms with Crippen molar-refractivity contribution in [1.82, 2.24) is 9.88 Å². The Morgan fingerprint density at radius 1 is 1.27 bits per heavy atom. The number of aliphatic hydroxyl groups is 2. The molecule has 37 heavy (non-hydrogen) atoms. The molecule has 1 aromatic carbocycles. The average Bonchev–Trinajstić information content (AvgIpc) is 3.61. The number of likely N-dealkylation sites (tertiary alicyclic amines) is 1. The second-order valence-corrected chi connectivity index (χ2v) is 10.9. The van der Waals surface area contributed by atoms with Crippen molar-refractivity contribution in [1.29, 1.82) is 0 Å².